The number of allylic oxidation sites excluding steroid dienone is 3. The number of aliphatic hydroxyl groups excluding tert-OH is 4. The molecular weight excluding hydrogens is 624 g/mol. The summed E-state index contributed by atoms with van der Waals surface area (Å²) < 4.78 is 6.15. The molecule has 0 radical (unpaired) electrons. The van der Waals surface area contributed by atoms with Gasteiger partial charge in [-0.05, 0) is 111 Å². The first-order valence-corrected chi connectivity index (χ1v) is 19.1. The number of ketones is 1. The molecule has 2 heterocycles. The molecule has 6 aliphatic rings. The van der Waals surface area contributed by atoms with Crippen molar-refractivity contribution in [3.8, 4) is 0 Å². The molecule has 14 atom stereocenters. The van der Waals surface area contributed by atoms with Crippen molar-refractivity contribution in [3.63, 3.8) is 0 Å². The summed E-state index contributed by atoms with van der Waals surface area (Å²) in [5, 5.41) is 72.4. The van der Waals surface area contributed by atoms with Crippen LogP contribution in [-0.2, 0) is 9.53 Å². The summed E-state index contributed by atoms with van der Waals surface area (Å²) in [6.07, 6.45) is 12.3. The highest BCUT2D eigenvalue weighted by Gasteiger charge is 2.70. The van der Waals surface area contributed by atoms with Gasteiger partial charge in [0.2, 0.25) is 0 Å². The Hall–Kier alpha value is -1.63. The van der Waals surface area contributed by atoms with Gasteiger partial charge in [0, 0.05) is 30.1 Å². The van der Waals surface area contributed by atoms with Crippen LogP contribution in [0.25, 0.3) is 0 Å². The lowest BCUT2D eigenvalue weighted by molar-refractivity contribution is -0.197. The minimum atomic E-state index is -1.63. The van der Waals surface area contributed by atoms with Crippen molar-refractivity contribution in [2.75, 3.05) is 13.2 Å². The third-order valence-corrected chi connectivity index (χ3v) is 14.5. The van der Waals surface area contributed by atoms with Crippen LogP contribution in [0.5, 0.6) is 0 Å². The molecule has 276 valence electrons. The number of carbonyl (C=O) groups is 1. The summed E-state index contributed by atoms with van der Waals surface area (Å²) in [6.45, 7) is 6.13. The summed E-state index contributed by atoms with van der Waals surface area (Å²) in [5.74, 6) is -1.43. The van der Waals surface area contributed by atoms with E-state index in [1.165, 1.54) is 0 Å². The summed E-state index contributed by atoms with van der Waals surface area (Å²) in [4.78, 5) is 14.1. The van der Waals surface area contributed by atoms with Gasteiger partial charge in [0.1, 0.15) is 6.10 Å². The molecule has 0 amide bonds. The predicted octanol–water partition coefficient (Wildman–Crippen LogP) is 2.99. The minimum absolute atomic E-state index is 0.114. The van der Waals surface area contributed by atoms with Gasteiger partial charge >= 0.3 is 0 Å². The second kappa shape index (κ2) is 14.1. The first-order chi connectivity index (χ1) is 23.2. The highest BCUT2D eigenvalue weighted by atomic mass is 16.5. The number of unbranched alkanes of at least 4 members (excludes halogenated alkanes) is 3. The van der Waals surface area contributed by atoms with E-state index < -0.39 is 58.3 Å². The molecule has 10 nitrogen and oxygen atoms in total. The maximum absolute atomic E-state index is 14.1. The summed E-state index contributed by atoms with van der Waals surface area (Å²) in [6, 6.07) is 0. The molecule has 0 spiro atoms. The fraction of sp³-hybridized carbons (Fsp3) is 0.821. The van der Waals surface area contributed by atoms with Crippen molar-refractivity contribution in [2.24, 2.45) is 46.2 Å². The van der Waals surface area contributed by atoms with Gasteiger partial charge in [0.05, 0.1) is 42.3 Å². The van der Waals surface area contributed by atoms with E-state index in [1.54, 1.807) is 13.0 Å². The quantitative estimate of drug-likeness (QED) is 0.142. The van der Waals surface area contributed by atoms with Gasteiger partial charge in [0.15, 0.2) is 5.78 Å². The van der Waals surface area contributed by atoms with E-state index in [0.717, 1.165) is 37.7 Å². The fourth-order valence-electron chi connectivity index (χ4n) is 11.6. The van der Waals surface area contributed by atoms with Gasteiger partial charge in [0.25, 0.3) is 0 Å². The van der Waals surface area contributed by atoms with E-state index in [-0.39, 0.29) is 49.2 Å². The maximum atomic E-state index is 14.1. The van der Waals surface area contributed by atoms with Crippen LogP contribution in [0.2, 0.25) is 0 Å². The van der Waals surface area contributed by atoms with Crippen molar-refractivity contribution in [1.82, 2.24) is 5.32 Å². The van der Waals surface area contributed by atoms with Crippen molar-refractivity contribution in [3.05, 3.63) is 35.6 Å². The number of carbonyl (C=O) groups excluding carboxylic acids is 1. The first kappa shape index (κ1) is 37.1. The number of hydrogen-bond acceptors (Lipinski definition) is 10. The molecule has 3 saturated carbocycles. The SMILES string of the molecule is CCCCCCC1COC(C(O)C(C)(O)C2CCC3(O)C4=CC(=O)C5CC(O)C(O)CC5(CCC5=CNC(N)C=C5)C4CCC23C)C1CO. The molecule has 4 aliphatic carbocycles. The molecule has 10 heteroatoms. The number of nitrogens with two attached hydrogens (primary N) is 1. The van der Waals surface area contributed by atoms with Crippen LogP contribution in [0, 0.1) is 40.4 Å². The molecule has 0 bridgehead atoms. The van der Waals surface area contributed by atoms with E-state index >= 15 is 0 Å². The molecule has 9 N–H and O–H groups in total. The van der Waals surface area contributed by atoms with Gasteiger partial charge in [-0.1, -0.05) is 45.6 Å². The number of aliphatic hydroxyl groups is 6. The summed E-state index contributed by atoms with van der Waals surface area (Å²) in [7, 11) is 0. The zero-order chi connectivity index (χ0) is 35.4. The van der Waals surface area contributed by atoms with Gasteiger partial charge in [-0.15, -0.1) is 0 Å². The van der Waals surface area contributed by atoms with Crippen LogP contribution in [0.1, 0.15) is 104 Å². The van der Waals surface area contributed by atoms with Gasteiger partial charge < -0.3 is 46.4 Å². The standard InChI is InChI=1S/C39H62N2O8/c1-4-5-6-7-8-24-22-49-34(25(24)21-42)35(46)37(3,47)32-13-16-39(48)27-17-29(43)28-18-30(44)31(45)19-38(28,26(27)12-14-36(32,39)2)15-11-23-9-10-33(40)41-20-23/h9-10,17,20,24-26,28,30-35,41-42,44-48H,4-8,11-16,18-19,21-22,40H2,1-3H3. The van der Waals surface area contributed by atoms with Crippen molar-refractivity contribution in [2.45, 2.75) is 146 Å². The molecule has 0 aromatic heterocycles. The zero-order valence-corrected chi connectivity index (χ0v) is 29.8. The lowest BCUT2D eigenvalue weighted by Crippen LogP contribution is -2.64. The lowest BCUT2D eigenvalue weighted by atomic mass is 9.44. The summed E-state index contributed by atoms with van der Waals surface area (Å²) >= 11 is 0. The predicted molar refractivity (Wildman–Crippen MR) is 186 cm³/mol. The van der Waals surface area contributed by atoms with Gasteiger partial charge in [-0.2, -0.15) is 0 Å². The van der Waals surface area contributed by atoms with Crippen LogP contribution >= 0.6 is 0 Å². The third-order valence-electron chi connectivity index (χ3n) is 14.5. The highest BCUT2D eigenvalue weighted by Crippen LogP contribution is 2.69. The number of ether oxygens (including phenoxy) is 1. The fourth-order valence-corrected chi connectivity index (χ4v) is 11.6. The molecular formula is C39H62N2O8. The second-order valence-electron chi connectivity index (χ2n) is 17.0. The van der Waals surface area contributed by atoms with E-state index in [2.05, 4.69) is 12.2 Å². The average molecular weight is 687 g/mol. The Bertz CT molecular complexity index is 1320. The Labute approximate surface area is 291 Å². The minimum Gasteiger partial charge on any atom is -0.396 e. The number of dihydropyridines is 1. The molecule has 0 aromatic rings. The van der Waals surface area contributed by atoms with Crippen LogP contribution in [0.15, 0.2) is 35.6 Å². The van der Waals surface area contributed by atoms with Crippen molar-refractivity contribution in [1.29, 1.82) is 0 Å². The molecule has 0 aromatic carbocycles. The van der Waals surface area contributed by atoms with Crippen molar-refractivity contribution >= 4 is 5.78 Å². The van der Waals surface area contributed by atoms with E-state index in [4.69, 9.17) is 10.5 Å². The Morgan fingerprint density at radius 3 is 2.61 bits per heavy atom. The van der Waals surface area contributed by atoms with Crippen LogP contribution in [-0.4, -0.2) is 91.4 Å². The maximum Gasteiger partial charge on any atom is 0.159 e. The van der Waals surface area contributed by atoms with E-state index in [1.807, 2.05) is 25.3 Å². The second-order valence-corrected chi connectivity index (χ2v) is 17.0. The van der Waals surface area contributed by atoms with Crippen LogP contribution < -0.4 is 11.1 Å². The monoisotopic (exact) mass is 686 g/mol. The average Bonchev–Trinajstić information content (AvgIpc) is 3.61. The molecule has 1 saturated heterocycles. The highest BCUT2D eigenvalue weighted by molar-refractivity contribution is 5.95. The van der Waals surface area contributed by atoms with Crippen LogP contribution in [0.3, 0.4) is 0 Å². The van der Waals surface area contributed by atoms with Gasteiger partial charge in [-0.3, -0.25) is 4.79 Å². The molecule has 4 fully saturated rings. The number of rotatable bonds is 12. The first-order valence-electron chi connectivity index (χ1n) is 19.1. The lowest BCUT2D eigenvalue weighted by Gasteiger charge is -2.62. The number of nitrogens with one attached hydrogen (secondary N) is 1. The van der Waals surface area contributed by atoms with E-state index in [0.29, 0.717) is 50.7 Å². The largest absolute Gasteiger partial charge is 0.396 e. The van der Waals surface area contributed by atoms with Crippen molar-refractivity contribution < 1.29 is 40.2 Å². The van der Waals surface area contributed by atoms with E-state index in [9.17, 15) is 35.4 Å². The molecule has 6 rings (SSSR count). The number of fused-ring (bicyclic) bond motifs is 5. The Morgan fingerprint density at radius 2 is 1.92 bits per heavy atom. The number of hydrogen-bond donors (Lipinski definition) is 8. The Morgan fingerprint density at radius 1 is 1.14 bits per heavy atom. The van der Waals surface area contributed by atoms with Crippen LogP contribution in [0.4, 0.5) is 0 Å². The normalized spacial score (nSPS) is 45.0. The molecule has 49 heavy (non-hydrogen) atoms. The Balaban J connectivity index is 1.26. The van der Waals surface area contributed by atoms with Gasteiger partial charge in [-0.25, -0.2) is 0 Å². The topological polar surface area (TPSA) is 186 Å². The summed E-state index contributed by atoms with van der Waals surface area (Å²) in [5.41, 5.74) is 3.18. The molecule has 2 aliphatic heterocycles. The molecule has 14 unspecified atom stereocenters. The smallest absolute Gasteiger partial charge is 0.159 e. The third kappa shape index (κ3) is 6.20. The zero-order valence-electron chi connectivity index (χ0n) is 29.8. The Kier molecular flexibility index (Phi) is 10.7.